The Morgan fingerprint density at radius 3 is 0.925 bits per heavy atom. The summed E-state index contributed by atoms with van der Waals surface area (Å²) in [6, 6.07) is 0. The molecule has 0 aromatic rings. The van der Waals surface area contributed by atoms with Crippen LogP contribution in [-0.4, -0.2) is 37.2 Å². The van der Waals surface area contributed by atoms with Gasteiger partial charge in [0.15, 0.2) is 6.10 Å². The summed E-state index contributed by atoms with van der Waals surface area (Å²) < 4.78 is 16.8. The van der Waals surface area contributed by atoms with Crippen LogP contribution in [0, 0.1) is 0 Å². The molecule has 67 heavy (non-hydrogen) atoms. The van der Waals surface area contributed by atoms with Gasteiger partial charge in [-0.3, -0.25) is 14.4 Å². The van der Waals surface area contributed by atoms with Crippen LogP contribution in [0.1, 0.15) is 316 Å². The first-order chi connectivity index (χ1) is 33.0. The molecule has 0 rings (SSSR count). The maximum atomic E-state index is 12.8. The van der Waals surface area contributed by atoms with Gasteiger partial charge < -0.3 is 14.2 Å². The fraction of sp³-hybridized carbons (Fsp3) is 0.852. The molecule has 0 heterocycles. The molecule has 6 nitrogen and oxygen atoms in total. The Bertz CT molecular complexity index is 1130. The standard InChI is InChI=1S/C61H112O6/c1-4-7-10-13-16-19-22-25-27-29-30-32-33-36-39-42-45-48-51-54-60(63)66-57-58(56-65-59(62)53-50-47-44-41-38-35-24-21-18-15-12-9-6-3)67-61(64)55-52-49-46-43-40-37-34-31-28-26-23-20-17-14-11-8-5-2/h26,28,35,38,44,47,58H,4-25,27,29-34,36-37,39-43,45-46,48-57H2,1-3H3/b28-26-,38-35-,47-44-. The molecule has 0 spiro atoms. The van der Waals surface area contributed by atoms with E-state index < -0.39 is 6.10 Å². The summed E-state index contributed by atoms with van der Waals surface area (Å²) in [7, 11) is 0. The summed E-state index contributed by atoms with van der Waals surface area (Å²) in [6.45, 7) is 6.62. The van der Waals surface area contributed by atoms with Gasteiger partial charge in [-0.25, -0.2) is 0 Å². The third-order valence-corrected chi connectivity index (χ3v) is 13.1. The SMILES string of the molecule is CCCCCCCC/C=C\C/C=C\CCC(=O)OCC(COC(=O)CCCCCCCCCCCCCCCCCCCCC)OC(=O)CCCCCCCCC/C=C\CCCCCCCC. The van der Waals surface area contributed by atoms with E-state index in [0.717, 1.165) is 51.4 Å². The molecule has 0 aliphatic rings. The minimum absolute atomic E-state index is 0.0871. The first-order valence-electron chi connectivity index (χ1n) is 29.5. The van der Waals surface area contributed by atoms with Crippen LogP contribution in [0.15, 0.2) is 36.5 Å². The molecule has 0 saturated heterocycles. The summed E-state index contributed by atoms with van der Waals surface area (Å²) in [5, 5.41) is 0. The topological polar surface area (TPSA) is 78.9 Å². The van der Waals surface area contributed by atoms with E-state index in [1.165, 1.54) is 218 Å². The van der Waals surface area contributed by atoms with Crippen molar-refractivity contribution in [2.75, 3.05) is 13.2 Å². The van der Waals surface area contributed by atoms with E-state index in [1.54, 1.807) is 0 Å². The lowest BCUT2D eigenvalue weighted by Crippen LogP contribution is -2.30. The quantitative estimate of drug-likeness (QED) is 0.0262. The van der Waals surface area contributed by atoms with Gasteiger partial charge in [-0.2, -0.15) is 0 Å². The maximum Gasteiger partial charge on any atom is 0.306 e. The van der Waals surface area contributed by atoms with Crippen LogP contribution in [0.3, 0.4) is 0 Å². The monoisotopic (exact) mass is 941 g/mol. The lowest BCUT2D eigenvalue weighted by atomic mass is 10.0. The first-order valence-corrected chi connectivity index (χ1v) is 29.5. The molecule has 0 saturated carbocycles. The molecular weight excluding hydrogens is 829 g/mol. The van der Waals surface area contributed by atoms with E-state index >= 15 is 0 Å². The van der Waals surface area contributed by atoms with Crippen LogP contribution in [0.25, 0.3) is 0 Å². The molecule has 1 atom stereocenters. The second-order valence-electron chi connectivity index (χ2n) is 19.9. The molecule has 1 unspecified atom stereocenters. The van der Waals surface area contributed by atoms with Crippen molar-refractivity contribution < 1.29 is 28.6 Å². The van der Waals surface area contributed by atoms with E-state index in [-0.39, 0.29) is 37.5 Å². The van der Waals surface area contributed by atoms with E-state index in [9.17, 15) is 14.4 Å². The molecule has 0 aliphatic carbocycles. The normalized spacial score (nSPS) is 12.2. The van der Waals surface area contributed by atoms with Gasteiger partial charge in [0.25, 0.3) is 0 Å². The van der Waals surface area contributed by atoms with Crippen LogP contribution in [-0.2, 0) is 28.6 Å². The molecule has 392 valence electrons. The minimum atomic E-state index is -0.794. The third-order valence-electron chi connectivity index (χ3n) is 13.1. The van der Waals surface area contributed by atoms with Gasteiger partial charge in [0.05, 0.1) is 0 Å². The van der Waals surface area contributed by atoms with Crippen LogP contribution in [0.4, 0.5) is 0 Å². The van der Waals surface area contributed by atoms with Gasteiger partial charge >= 0.3 is 17.9 Å². The van der Waals surface area contributed by atoms with Gasteiger partial charge in [-0.1, -0.05) is 269 Å². The number of unbranched alkanes of at least 4 members (excludes halogenated alkanes) is 37. The molecule has 0 aromatic carbocycles. The zero-order chi connectivity index (χ0) is 48.6. The number of allylic oxidation sites excluding steroid dienone is 6. The molecule has 0 aromatic heterocycles. The average molecular weight is 942 g/mol. The molecule has 0 N–H and O–H groups in total. The van der Waals surface area contributed by atoms with E-state index in [0.29, 0.717) is 19.3 Å². The van der Waals surface area contributed by atoms with Crippen molar-refractivity contribution in [3.05, 3.63) is 36.5 Å². The Morgan fingerprint density at radius 1 is 0.299 bits per heavy atom. The second kappa shape index (κ2) is 56.2. The van der Waals surface area contributed by atoms with Crippen LogP contribution >= 0.6 is 0 Å². The molecule has 0 amide bonds. The number of ether oxygens (including phenoxy) is 3. The molecular formula is C61H112O6. The Kier molecular flexibility index (Phi) is 54.2. The second-order valence-corrected chi connectivity index (χ2v) is 19.9. The van der Waals surface area contributed by atoms with Gasteiger partial charge in [0.2, 0.25) is 0 Å². The molecule has 0 aliphatic heterocycles. The number of hydrogen-bond acceptors (Lipinski definition) is 6. The highest BCUT2D eigenvalue weighted by Gasteiger charge is 2.19. The van der Waals surface area contributed by atoms with Crippen molar-refractivity contribution in [2.45, 2.75) is 322 Å². The van der Waals surface area contributed by atoms with Gasteiger partial charge in [-0.15, -0.1) is 0 Å². The van der Waals surface area contributed by atoms with Crippen molar-refractivity contribution in [2.24, 2.45) is 0 Å². The van der Waals surface area contributed by atoms with Crippen LogP contribution < -0.4 is 0 Å². The number of rotatable bonds is 54. The van der Waals surface area contributed by atoms with E-state index in [2.05, 4.69) is 51.2 Å². The van der Waals surface area contributed by atoms with Crippen LogP contribution in [0.5, 0.6) is 0 Å². The summed E-state index contributed by atoms with van der Waals surface area (Å²) >= 11 is 0. The zero-order valence-corrected chi connectivity index (χ0v) is 44.9. The zero-order valence-electron chi connectivity index (χ0n) is 44.9. The number of carbonyl (C=O) groups excluding carboxylic acids is 3. The first kappa shape index (κ1) is 64.6. The molecule has 0 bridgehead atoms. The van der Waals surface area contributed by atoms with Crippen molar-refractivity contribution in [1.29, 1.82) is 0 Å². The fourth-order valence-corrected chi connectivity index (χ4v) is 8.67. The predicted molar refractivity (Wildman–Crippen MR) is 289 cm³/mol. The van der Waals surface area contributed by atoms with Crippen LogP contribution in [0.2, 0.25) is 0 Å². The summed E-state index contributed by atoms with van der Waals surface area (Å²) in [4.78, 5) is 38.1. The number of carbonyl (C=O) groups is 3. The Labute approximate surface area is 416 Å². The summed E-state index contributed by atoms with van der Waals surface area (Å²) in [6.07, 6.45) is 67.2. The smallest absolute Gasteiger partial charge is 0.306 e. The van der Waals surface area contributed by atoms with Gasteiger partial charge in [0, 0.05) is 19.3 Å². The highest BCUT2D eigenvalue weighted by Crippen LogP contribution is 2.17. The third kappa shape index (κ3) is 54.4. The maximum absolute atomic E-state index is 12.8. The highest BCUT2D eigenvalue weighted by molar-refractivity contribution is 5.71. The van der Waals surface area contributed by atoms with Crippen molar-refractivity contribution >= 4 is 17.9 Å². The lowest BCUT2D eigenvalue weighted by molar-refractivity contribution is -0.166. The number of esters is 3. The summed E-state index contributed by atoms with van der Waals surface area (Å²) in [5.74, 6) is -0.945. The fourth-order valence-electron chi connectivity index (χ4n) is 8.67. The molecule has 6 heteroatoms. The number of hydrogen-bond donors (Lipinski definition) is 0. The predicted octanol–water partition coefficient (Wildman–Crippen LogP) is 19.7. The Morgan fingerprint density at radius 2 is 0.567 bits per heavy atom. The Balaban J connectivity index is 4.36. The van der Waals surface area contributed by atoms with E-state index in [4.69, 9.17) is 14.2 Å². The lowest BCUT2D eigenvalue weighted by Gasteiger charge is -2.18. The van der Waals surface area contributed by atoms with Crippen molar-refractivity contribution in [3.8, 4) is 0 Å². The largest absolute Gasteiger partial charge is 0.462 e. The molecule has 0 radical (unpaired) electrons. The molecule has 0 fully saturated rings. The van der Waals surface area contributed by atoms with Crippen molar-refractivity contribution in [3.63, 3.8) is 0 Å². The highest BCUT2D eigenvalue weighted by atomic mass is 16.6. The summed E-state index contributed by atoms with van der Waals surface area (Å²) in [5.41, 5.74) is 0. The van der Waals surface area contributed by atoms with Gasteiger partial charge in [-0.05, 0) is 64.2 Å². The minimum Gasteiger partial charge on any atom is -0.462 e. The van der Waals surface area contributed by atoms with E-state index in [1.807, 2.05) is 6.08 Å². The van der Waals surface area contributed by atoms with Gasteiger partial charge in [0.1, 0.15) is 13.2 Å². The average Bonchev–Trinajstić information content (AvgIpc) is 3.33. The van der Waals surface area contributed by atoms with Crippen molar-refractivity contribution in [1.82, 2.24) is 0 Å². The Hall–Kier alpha value is -2.37.